The van der Waals surface area contributed by atoms with Crippen molar-refractivity contribution in [3.63, 3.8) is 0 Å². The predicted molar refractivity (Wildman–Crippen MR) is 66.3 cm³/mol. The second-order valence-electron chi connectivity index (χ2n) is 4.22. The highest BCUT2D eigenvalue weighted by atomic mass is 19.1. The number of non-ortho nitro benzene ring substituents is 1. The number of aryl methyl sites for hydroxylation is 1. The molecule has 20 heavy (non-hydrogen) atoms. The number of benzene rings is 1. The van der Waals surface area contributed by atoms with Crippen LogP contribution in [0.3, 0.4) is 0 Å². The van der Waals surface area contributed by atoms with E-state index in [1.54, 1.807) is 13.8 Å². The van der Waals surface area contributed by atoms with Gasteiger partial charge in [-0.15, -0.1) is 0 Å². The molecule has 1 aromatic heterocycles. The normalized spacial score (nSPS) is 12.2. The van der Waals surface area contributed by atoms with Crippen molar-refractivity contribution in [2.24, 2.45) is 0 Å². The Kier molecular flexibility index (Phi) is 3.64. The van der Waals surface area contributed by atoms with E-state index in [-0.39, 0.29) is 5.89 Å². The van der Waals surface area contributed by atoms with Gasteiger partial charge in [0.05, 0.1) is 23.3 Å². The van der Waals surface area contributed by atoms with Crippen LogP contribution in [0.1, 0.15) is 24.6 Å². The summed E-state index contributed by atoms with van der Waals surface area (Å²) in [7, 11) is 0. The molecule has 0 aliphatic rings. The fourth-order valence-corrected chi connectivity index (χ4v) is 1.65. The standard InChI is InChI=1S/C12H11F2N3O3/c1-6-5-15-12(20-6)7(2)16-11-9(13)3-8(17(18)19)4-10(11)14/h3-5,7,16H,1-2H3. The highest BCUT2D eigenvalue weighted by molar-refractivity contribution is 5.52. The minimum Gasteiger partial charge on any atom is -0.444 e. The molecule has 0 amide bonds. The molecule has 0 aliphatic heterocycles. The lowest BCUT2D eigenvalue weighted by Gasteiger charge is -2.13. The fraction of sp³-hybridized carbons (Fsp3) is 0.250. The number of nitrogens with one attached hydrogen (secondary N) is 1. The third-order valence-corrected chi connectivity index (χ3v) is 2.61. The van der Waals surface area contributed by atoms with Gasteiger partial charge in [-0.2, -0.15) is 0 Å². The number of nitro benzene ring substituents is 1. The molecule has 2 rings (SSSR count). The Morgan fingerprint density at radius 3 is 2.45 bits per heavy atom. The smallest absolute Gasteiger partial charge is 0.275 e. The number of hydrogen-bond acceptors (Lipinski definition) is 5. The second-order valence-corrected chi connectivity index (χ2v) is 4.22. The number of oxazole rings is 1. The summed E-state index contributed by atoms with van der Waals surface area (Å²) in [5.41, 5.74) is -1.11. The molecule has 2 aromatic rings. The number of halogens is 2. The fourth-order valence-electron chi connectivity index (χ4n) is 1.65. The van der Waals surface area contributed by atoms with Gasteiger partial charge in [0.2, 0.25) is 5.89 Å². The van der Waals surface area contributed by atoms with E-state index in [1.807, 2.05) is 0 Å². The minimum atomic E-state index is -1.05. The first-order valence-corrected chi connectivity index (χ1v) is 5.70. The number of hydrogen-bond donors (Lipinski definition) is 1. The van der Waals surface area contributed by atoms with Crippen LogP contribution in [0.4, 0.5) is 20.2 Å². The van der Waals surface area contributed by atoms with Crippen molar-refractivity contribution in [3.8, 4) is 0 Å². The van der Waals surface area contributed by atoms with Gasteiger partial charge >= 0.3 is 0 Å². The maximum Gasteiger partial charge on any atom is 0.275 e. The summed E-state index contributed by atoms with van der Waals surface area (Å²) in [6.07, 6.45) is 1.48. The van der Waals surface area contributed by atoms with Crippen LogP contribution in [0, 0.1) is 28.7 Å². The summed E-state index contributed by atoms with van der Waals surface area (Å²) in [6.45, 7) is 3.29. The molecule has 8 heteroatoms. The molecule has 1 atom stereocenters. The number of nitro groups is 1. The van der Waals surface area contributed by atoms with Gasteiger partial charge in [-0.05, 0) is 13.8 Å². The number of anilines is 1. The molecular weight excluding hydrogens is 272 g/mol. The van der Waals surface area contributed by atoms with Gasteiger partial charge in [-0.3, -0.25) is 10.1 Å². The Morgan fingerprint density at radius 2 is 2.00 bits per heavy atom. The number of aromatic nitrogens is 1. The molecule has 0 saturated carbocycles. The van der Waals surface area contributed by atoms with E-state index in [1.165, 1.54) is 6.20 Å². The Hall–Kier alpha value is -2.51. The SMILES string of the molecule is Cc1cnc(C(C)Nc2c(F)cc([N+](=O)[O-])cc2F)o1. The van der Waals surface area contributed by atoms with Crippen LogP contribution in [0.5, 0.6) is 0 Å². The molecule has 1 unspecified atom stereocenters. The molecule has 1 N–H and O–H groups in total. The van der Waals surface area contributed by atoms with E-state index in [2.05, 4.69) is 10.3 Å². The molecule has 0 bridgehead atoms. The first kappa shape index (κ1) is 13.9. The molecular formula is C12H11F2N3O3. The molecule has 1 heterocycles. The Bertz CT molecular complexity index is 634. The molecule has 6 nitrogen and oxygen atoms in total. The van der Waals surface area contributed by atoms with Crippen LogP contribution in [0.2, 0.25) is 0 Å². The Balaban J connectivity index is 2.27. The summed E-state index contributed by atoms with van der Waals surface area (Å²) in [6, 6.07) is 0.715. The van der Waals surface area contributed by atoms with Crippen LogP contribution in [0.25, 0.3) is 0 Å². The summed E-state index contributed by atoms with van der Waals surface area (Å²) < 4.78 is 32.6. The van der Waals surface area contributed by atoms with Gasteiger partial charge in [0, 0.05) is 0 Å². The van der Waals surface area contributed by atoms with Crippen molar-refractivity contribution < 1.29 is 18.1 Å². The van der Waals surface area contributed by atoms with E-state index in [0.29, 0.717) is 17.9 Å². The highest BCUT2D eigenvalue weighted by Gasteiger charge is 2.20. The largest absolute Gasteiger partial charge is 0.444 e. The zero-order chi connectivity index (χ0) is 14.9. The topological polar surface area (TPSA) is 81.2 Å². The van der Waals surface area contributed by atoms with Crippen molar-refractivity contribution >= 4 is 11.4 Å². The molecule has 0 aliphatic carbocycles. The molecule has 0 fully saturated rings. The summed E-state index contributed by atoms with van der Waals surface area (Å²) >= 11 is 0. The van der Waals surface area contributed by atoms with Crippen molar-refractivity contribution in [1.29, 1.82) is 0 Å². The van der Waals surface area contributed by atoms with Crippen LogP contribution >= 0.6 is 0 Å². The molecule has 0 spiro atoms. The Morgan fingerprint density at radius 1 is 1.40 bits per heavy atom. The average molecular weight is 283 g/mol. The van der Waals surface area contributed by atoms with Crippen molar-refractivity contribution in [3.05, 3.63) is 51.7 Å². The minimum absolute atomic E-state index is 0.264. The van der Waals surface area contributed by atoms with Gasteiger partial charge in [0.15, 0.2) is 11.6 Å². The summed E-state index contributed by atoms with van der Waals surface area (Å²) in [4.78, 5) is 13.6. The lowest BCUT2D eigenvalue weighted by molar-refractivity contribution is -0.385. The molecule has 106 valence electrons. The molecule has 0 saturated heterocycles. The third kappa shape index (κ3) is 2.73. The number of rotatable bonds is 4. The monoisotopic (exact) mass is 283 g/mol. The maximum absolute atomic E-state index is 13.7. The van der Waals surface area contributed by atoms with Gasteiger partial charge in [-0.1, -0.05) is 0 Å². The van der Waals surface area contributed by atoms with Crippen LogP contribution in [-0.2, 0) is 0 Å². The lowest BCUT2D eigenvalue weighted by atomic mass is 10.2. The van der Waals surface area contributed by atoms with Gasteiger partial charge < -0.3 is 9.73 Å². The van der Waals surface area contributed by atoms with E-state index in [0.717, 1.165) is 0 Å². The first-order valence-electron chi connectivity index (χ1n) is 5.70. The third-order valence-electron chi connectivity index (χ3n) is 2.61. The van der Waals surface area contributed by atoms with Crippen LogP contribution in [0.15, 0.2) is 22.7 Å². The van der Waals surface area contributed by atoms with E-state index in [4.69, 9.17) is 4.42 Å². The van der Waals surface area contributed by atoms with Crippen molar-refractivity contribution in [2.75, 3.05) is 5.32 Å². The quantitative estimate of drug-likeness (QED) is 0.687. The molecule has 0 radical (unpaired) electrons. The van der Waals surface area contributed by atoms with E-state index in [9.17, 15) is 18.9 Å². The van der Waals surface area contributed by atoms with Crippen LogP contribution < -0.4 is 5.32 Å². The van der Waals surface area contributed by atoms with E-state index < -0.39 is 34.0 Å². The lowest BCUT2D eigenvalue weighted by Crippen LogP contribution is -2.10. The maximum atomic E-state index is 13.7. The van der Waals surface area contributed by atoms with Gasteiger partial charge in [0.1, 0.15) is 17.5 Å². The zero-order valence-corrected chi connectivity index (χ0v) is 10.7. The van der Waals surface area contributed by atoms with Crippen molar-refractivity contribution in [1.82, 2.24) is 4.98 Å². The summed E-state index contributed by atoms with van der Waals surface area (Å²) in [5, 5.41) is 13.0. The van der Waals surface area contributed by atoms with Gasteiger partial charge in [-0.25, -0.2) is 13.8 Å². The van der Waals surface area contributed by atoms with Crippen LogP contribution in [-0.4, -0.2) is 9.91 Å². The predicted octanol–water partition coefficient (Wildman–Crippen LogP) is 3.34. The first-order chi connectivity index (χ1) is 9.38. The van der Waals surface area contributed by atoms with Gasteiger partial charge in [0.25, 0.3) is 5.69 Å². The van der Waals surface area contributed by atoms with E-state index >= 15 is 0 Å². The average Bonchev–Trinajstić information content (AvgIpc) is 2.80. The number of nitrogens with zero attached hydrogens (tertiary/aromatic N) is 2. The second kappa shape index (κ2) is 5.24. The summed E-state index contributed by atoms with van der Waals surface area (Å²) in [5.74, 6) is -1.27. The Labute approximate surface area is 112 Å². The van der Waals surface area contributed by atoms with Crippen molar-refractivity contribution in [2.45, 2.75) is 19.9 Å². The highest BCUT2D eigenvalue weighted by Crippen LogP contribution is 2.28. The zero-order valence-electron chi connectivity index (χ0n) is 10.7. The molecule has 1 aromatic carbocycles.